The molecule has 1 amide bonds. The minimum Gasteiger partial charge on any atom is -0.501 e. The van der Waals surface area contributed by atoms with Crippen molar-refractivity contribution in [3.05, 3.63) is 58.0 Å². The Morgan fingerprint density at radius 1 is 1.40 bits per heavy atom. The van der Waals surface area contributed by atoms with Crippen molar-refractivity contribution in [2.45, 2.75) is 18.0 Å². The molecular weight excluding hydrogens is 421 g/mol. The second-order valence-corrected chi connectivity index (χ2v) is 8.42. The summed E-state index contributed by atoms with van der Waals surface area (Å²) in [5, 5.41) is 21.4. The first kappa shape index (κ1) is 21.5. The number of hydrogen-bond donors (Lipinski definition) is 3. The molecule has 1 aliphatic heterocycles. The zero-order valence-electron chi connectivity index (χ0n) is 15.6. The number of aromatic nitrogens is 2. The number of ether oxygens (including phenoxy) is 1. The summed E-state index contributed by atoms with van der Waals surface area (Å²) in [6.07, 6.45) is 0. The van der Waals surface area contributed by atoms with Crippen molar-refractivity contribution in [1.82, 2.24) is 14.9 Å². The summed E-state index contributed by atoms with van der Waals surface area (Å²) in [5.41, 5.74) is -1.37. The molecule has 0 saturated heterocycles. The number of halogens is 1. The van der Waals surface area contributed by atoms with Gasteiger partial charge in [0.2, 0.25) is 5.75 Å². The van der Waals surface area contributed by atoms with Crippen LogP contribution in [0.4, 0.5) is 4.39 Å². The number of rotatable bonds is 6. The second kappa shape index (κ2) is 8.24. The van der Waals surface area contributed by atoms with Crippen molar-refractivity contribution >= 4 is 21.5 Å². The predicted molar refractivity (Wildman–Crippen MR) is 102 cm³/mol. The largest absolute Gasteiger partial charge is 0.501 e. The van der Waals surface area contributed by atoms with Gasteiger partial charge in [-0.2, -0.15) is 0 Å². The number of carbonyl (C=O) groups excluding carboxylic acids is 1. The van der Waals surface area contributed by atoms with Gasteiger partial charge in [0.15, 0.2) is 27.1 Å². The number of amides is 1. The molecule has 0 unspecified atom stereocenters. The van der Waals surface area contributed by atoms with Crippen molar-refractivity contribution in [2.75, 3.05) is 19.0 Å². The normalized spacial score (nSPS) is 13.5. The monoisotopic (exact) mass is 439 g/mol. The van der Waals surface area contributed by atoms with E-state index in [1.165, 1.54) is 6.07 Å². The Kier molecular flexibility index (Phi) is 5.89. The first-order valence-electron chi connectivity index (χ1n) is 8.72. The molecule has 1 aliphatic rings. The molecule has 30 heavy (non-hydrogen) atoms. The van der Waals surface area contributed by atoms with Crippen LogP contribution >= 0.6 is 0 Å². The first-order chi connectivity index (χ1) is 14.2. The Bertz CT molecular complexity index is 1190. The molecule has 0 bridgehead atoms. The minimum absolute atomic E-state index is 0.0119. The molecule has 1 aromatic carbocycles. The van der Waals surface area contributed by atoms with Crippen LogP contribution in [0, 0.1) is 5.82 Å². The van der Waals surface area contributed by atoms with E-state index in [0.29, 0.717) is 0 Å². The van der Waals surface area contributed by atoms with Crippen molar-refractivity contribution in [3.8, 4) is 5.75 Å². The quantitative estimate of drug-likeness (QED) is 0.560. The Balaban J connectivity index is 1.91. The van der Waals surface area contributed by atoms with E-state index in [4.69, 9.17) is 9.84 Å². The maximum atomic E-state index is 13.6. The zero-order chi connectivity index (χ0) is 22.1. The van der Waals surface area contributed by atoms with Gasteiger partial charge in [0.05, 0.1) is 23.8 Å². The highest BCUT2D eigenvalue weighted by Gasteiger charge is 2.26. The fourth-order valence-corrected chi connectivity index (χ4v) is 4.19. The van der Waals surface area contributed by atoms with Crippen LogP contribution in [-0.2, 0) is 27.7 Å². The van der Waals surface area contributed by atoms with Gasteiger partial charge in [-0.15, -0.1) is 0 Å². The Morgan fingerprint density at radius 2 is 2.13 bits per heavy atom. The molecule has 0 atom stereocenters. The highest BCUT2D eigenvalue weighted by Crippen LogP contribution is 2.21. The van der Waals surface area contributed by atoms with Crippen LogP contribution in [0.15, 0.2) is 34.5 Å². The standard InChI is InChI=1S/C18H18FN3O7S/c1-10-16-21-14(15(24)18(26)22(16)4-6-29-10)17(25)20-9-11-2-3-12(19)8-13(11)30(27,28)7-5-23/h2-3,8,23-24H,1,4-7,9H2,(H,20,25). The number of nitrogens with one attached hydrogen (secondary N) is 1. The van der Waals surface area contributed by atoms with Gasteiger partial charge in [-0.25, -0.2) is 17.8 Å². The lowest BCUT2D eigenvalue weighted by molar-refractivity contribution is 0.0941. The third kappa shape index (κ3) is 4.04. The van der Waals surface area contributed by atoms with Crippen LogP contribution in [0.2, 0.25) is 0 Å². The van der Waals surface area contributed by atoms with E-state index in [1.807, 2.05) is 0 Å². The fourth-order valence-electron chi connectivity index (χ4n) is 2.90. The highest BCUT2D eigenvalue weighted by molar-refractivity contribution is 7.91. The maximum Gasteiger partial charge on any atom is 0.297 e. The van der Waals surface area contributed by atoms with Crippen LogP contribution in [0.25, 0.3) is 5.76 Å². The van der Waals surface area contributed by atoms with Gasteiger partial charge >= 0.3 is 0 Å². The Hall–Kier alpha value is -3.25. The summed E-state index contributed by atoms with van der Waals surface area (Å²) in [6.45, 7) is 2.86. The first-order valence-corrected chi connectivity index (χ1v) is 10.4. The number of carbonyl (C=O) groups is 1. The van der Waals surface area contributed by atoms with Gasteiger partial charge in [0.25, 0.3) is 11.5 Å². The van der Waals surface area contributed by atoms with Gasteiger partial charge in [-0.3, -0.25) is 14.2 Å². The van der Waals surface area contributed by atoms with Crippen molar-refractivity contribution in [1.29, 1.82) is 0 Å². The van der Waals surface area contributed by atoms with Crippen molar-refractivity contribution in [2.24, 2.45) is 0 Å². The number of nitrogens with zero attached hydrogens (tertiary/aromatic N) is 2. The highest BCUT2D eigenvalue weighted by atomic mass is 32.2. The molecule has 3 N–H and O–H groups in total. The molecular formula is C18H18FN3O7S. The van der Waals surface area contributed by atoms with Gasteiger partial charge in [0.1, 0.15) is 12.4 Å². The molecule has 0 aliphatic carbocycles. The summed E-state index contributed by atoms with van der Waals surface area (Å²) in [6, 6.07) is 2.97. The number of aliphatic hydroxyl groups excluding tert-OH is 1. The Morgan fingerprint density at radius 3 is 2.83 bits per heavy atom. The van der Waals surface area contributed by atoms with Crippen LogP contribution in [0.5, 0.6) is 5.75 Å². The van der Waals surface area contributed by atoms with E-state index in [0.717, 1.165) is 16.7 Å². The third-order valence-corrected chi connectivity index (χ3v) is 6.13. The smallest absolute Gasteiger partial charge is 0.297 e. The summed E-state index contributed by atoms with van der Waals surface area (Å²) in [4.78, 5) is 28.4. The molecule has 0 fully saturated rings. The van der Waals surface area contributed by atoms with Gasteiger partial charge in [0, 0.05) is 6.54 Å². The lowest BCUT2D eigenvalue weighted by atomic mass is 10.2. The van der Waals surface area contributed by atoms with E-state index in [-0.39, 0.29) is 41.7 Å². The average Bonchev–Trinajstić information content (AvgIpc) is 2.70. The summed E-state index contributed by atoms with van der Waals surface area (Å²) >= 11 is 0. The topological polar surface area (TPSA) is 148 Å². The number of fused-ring (bicyclic) bond motifs is 1. The molecule has 0 spiro atoms. The Labute approximate surface area is 170 Å². The molecule has 10 nitrogen and oxygen atoms in total. The second-order valence-electron chi connectivity index (χ2n) is 6.34. The number of aliphatic hydroxyl groups is 1. The number of aromatic hydroxyl groups is 1. The van der Waals surface area contributed by atoms with Gasteiger partial charge < -0.3 is 20.3 Å². The predicted octanol–water partition coefficient (Wildman–Crippen LogP) is -0.215. The molecule has 0 saturated carbocycles. The lowest BCUT2D eigenvalue weighted by Gasteiger charge is -2.21. The van der Waals surface area contributed by atoms with E-state index in [2.05, 4.69) is 16.9 Å². The number of hydrogen-bond acceptors (Lipinski definition) is 8. The molecule has 160 valence electrons. The summed E-state index contributed by atoms with van der Waals surface area (Å²) in [5.74, 6) is -3.21. The molecule has 3 rings (SSSR count). The van der Waals surface area contributed by atoms with Crippen LogP contribution in [0.3, 0.4) is 0 Å². The van der Waals surface area contributed by atoms with E-state index in [1.54, 1.807) is 0 Å². The van der Waals surface area contributed by atoms with Crippen LogP contribution in [0.1, 0.15) is 21.9 Å². The zero-order valence-corrected chi connectivity index (χ0v) is 16.4. The fraction of sp³-hybridized carbons (Fsp3) is 0.278. The van der Waals surface area contributed by atoms with E-state index < -0.39 is 50.9 Å². The molecule has 12 heteroatoms. The minimum atomic E-state index is -4.00. The number of sulfone groups is 1. The molecule has 0 radical (unpaired) electrons. The molecule has 2 aromatic rings. The summed E-state index contributed by atoms with van der Waals surface area (Å²) < 4.78 is 44.4. The lowest BCUT2D eigenvalue weighted by Crippen LogP contribution is -2.34. The van der Waals surface area contributed by atoms with Crippen molar-refractivity contribution < 1.29 is 32.6 Å². The third-order valence-electron chi connectivity index (χ3n) is 4.36. The van der Waals surface area contributed by atoms with Gasteiger partial charge in [-0.05, 0) is 17.7 Å². The van der Waals surface area contributed by atoms with Crippen molar-refractivity contribution in [3.63, 3.8) is 0 Å². The molecule has 2 heterocycles. The maximum absolute atomic E-state index is 13.6. The van der Waals surface area contributed by atoms with E-state index in [9.17, 15) is 27.5 Å². The average molecular weight is 439 g/mol. The molecule has 1 aromatic heterocycles. The number of benzene rings is 1. The van der Waals surface area contributed by atoms with Crippen LogP contribution in [-0.4, -0.2) is 53.1 Å². The summed E-state index contributed by atoms with van der Waals surface area (Å²) in [7, 11) is -4.00. The van der Waals surface area contributed by atoms with Gasteiger partial charge in [-0.1, -0.05) is 12.6 Å². The van der Waals surface area contributed by atoms with E-state index >= 15 is 0 Å². The van der Waals surface area contributed by atoms with Crippen LogP contribution < -0.4 is 10.9 Å². The SMILES string of the molecule is C=C1OCCn2c1nc(C(=O)NCc1ccc(F)cc1S(=O)(=O)CCO)c(O)c2=O.